The van der Waals surface area contributed by atoms with Crippen molar-refractivity contribution in [2.75, 3.05) is 0 Å². The van der Waals surface area contributed by atoms with Crippen molar-refractivity contribution in [1.82, 2.24) is 0 Å². The van der Waals surface area contributed by atoms with E-state index in [2.05, 4.69) is 54.0 Å². The maximum absolute atomic E-state index is 6.11. The van der Waals surface area contributed by atoms with Gasteiger partial charge < -0.3 is 10.5 Å². The molecule has 2 aromatic carbocycles. The summed E-state index contributed by atoms with van der Waals surface area (Å²) in [4.78, 5) is 0. The van der Waals surface area contributed by atoms with E-state index in [0.717, 1.165) is 22.2 Å². The van der Waals surface area contributed by atoms with Crippen molar-refractivity contribution in [3.8, 4) is 5.75 Å². The number of ether oxygens (including phenoxy) is 1. The zero-order chi connectivity index (χ0) is 15.4. The average molecular weight is 348 g/mol. The van der Waals surface area contributed by atoms with Gasteiger partial charge >= 0.3 is 0 Å². The summed E-state index contributed by atoms with van der Waals surface area (Å²) in [6.45, 7) is 6.83. The van der Waals surface area contributed by atoms with Crippen LogP contribution in [-0.4, -0.2) is 6.04 Å². The first kappa shape index (κ1) is 16.1. The monoisotopic (exact) mass is 347 g/mol. The van der Waals surface area contributed by atoms with Crippen molar-refractivity contribution in [2.45, 2.75) is 39.8 Å². The number of aryl methyl sites for hydroxylation is 2. The number of hydrogen-bond acceptors (Lipinski definition) is 2. The highest BCUT2D eigenvalue weighted by Crippen LogP contribution is 2.31. The highest BCUT2D eigenvalue weighted by molar-refractivity contribution is 9.10. The molecule has 0 aliphatic heterocycles. The van der Waals surface area contributed by atoms with Crippen LogP contribution in [0.4, 0.5) is 0 Å². The lowest BCUT2D eigenvalue weighted by Crippen LogP contribution is -2.18. The molecule has 1 atom stereocenters. The second kappa shape index (κ2) is 7.10. The molecule has 0 aliphatic rings. The standard InChI is InChI=1S/C18H22BrNO/c1-12-6-4-7-13(2)16(12)11-21-18-15(10-14(3)20)8-5-9-17(18)19/h4-9,14H,10-11,20H2,1-3H3. The number of hydrogen-bond donors (Lipinski definition) is 1. The number of benzene rings is 2. The summed E-state index contributed by atoms with van der Waals surface area (Å²) in [5.74, 6) is 0.900. The predicted molar refractivity (Wildman–Crippen MR) is 91.7 cm³/mol. The van der Waals surface area contributed by atoms with Gasteiger partial charge in [-0.15, -0.1) is 0 Å². The van der Waals surface area contributed by atoms with Crippen molar-refractivity contribution in [3.63, 3.8) is 0 Å². The van der Waals surface area contributed by atoms with E-state index < -0.39 is 0 Å². The molecule has 0 bridgehead atoms. The molecule has 0 saturated heterocycles. The molecule has 2 N–H and O–H groups in total. The van der Waals surface area contributed by atoms with Gasteiger partial charge in [-0.05, 0) is 71.4 Å². The van der Waals surface area contributed by atoms with Crippen molar-refractivity contribution in [2.24, 2.45) is 5.73 Å². The first-order valence-corrected chi connectivity index (χ1v) is 7.99. The minimum atomic E-state index is 0.113. The fourth-order valence-corrected chi connectivity index (χ4v) is 2.97. The molecular weight excluding hydrogens is 326 g/mol. The third-order valence-corrected chi connectivity index (χ3v) is 4.22. The van der Waals surface area contributed by atoms with E-state index in [1.165, 1.54) is 16.7 Å². The van der Waals surface area contributed by atoms with Gasteiger partial charge in [-0.25, -0.2) is 0 Å². The van der Waals surface area contributed by atoms with Crippen LogP contribution in [0.1, 0.15) is 29.2 Å². The van der Waals surface area contributed by atoms with E-state index >= 15 is 0 Å². The second-order valence-corrected chi connectivity index (χ2v) is 6.42. The first-order chi connectivity index (χ1) is 9.99. The van der Waals surface area contributed by atoms with Crippen molar-refractivity contribution < 1.29 is 4.74 Å². The molecule has 3 heteroatoms. The quantitative estimate of drug-likeness (QED) is 0.861. The molecule has 112 valence electrons. The Morgan fingerprint density at radius 1 is 1.10 bits per heavy atom. The average Bonchev–Trinajstić information content (AvgIpc) is 2.40. The van der Waals surface area contributed by atoms with E-state index in [1.807, 2.05) is 19.1 Å². The summed E-state index contributed by atoms with van der Waals surface area (Å²) in [6, 6.07) is 12.5. The number of para-hydroxylation sites is 1. The van der Waals surface area contributed by atoms with Gasteiger partial charge in [0, 0.05) is 6.04 Å². The van der Waals surface area contributed by atoms with Gasteiger partial charge in [0.1, 0.15) is 12.4 Å². The Labute approximate surface area is 135 Å². The van der Waals surface area contributed by atoms with Crippen molar-refractivity contribution in [1.29, 1.82) is 0 Å². The Morgan fingerprint density at radius 3 is 2.33 bits per heavy atom. The summed E-state index contributed by atoms with van der Waals surface area (Å²) in [7, 11) is 0. The zero-order valence-corrected chi connectivity index (χ0v) is 14.4. The van der Waals surface area contributed by atoms with Crippen LogP contribution in [0.15, 0.2) is 40.9 Å². The van der Waals surface area contributed by atoms with E-state index in [9.17, 15) is 0 Å². The Bertz CT molecular complexity index is 602. The molecule has 0 aliphatic carbocycles. The van der Waals surface area contributed by atoms with Crippen molar-refractivity contribution in [3.05, 3.63) is 63.1 Å². The maximum atomic E-state index is 6.11. The van der Waals surface area contributed by atoms with Crippen LogP contribution in [0.2, 0.25) is 0 Å². The molecule has 2 nitrogen and oxygen atoms in total. The SMILES string of the molecule is Cc1cccc(C)c1COc1c(Br)cccc1CC(C)N. The summed E-state index contributed by atoms with van der Waals surface area (Å²) in [5.41, 5.74) is 10.8. The summed E-state index contributed by atoms with van der Waals surface area (Å²) in [6.07, 6.45) is 0.807. The molecule has 21 heavy (non-hydrogen) atoms. The van der Waals surface area contributed by atoms with Crippen LogP contribution in [0.3, 0.4) is 0 Å². The minimum absolute atomic E-state index is 0.113. The number of rotatable bonds is 5. The van der Waals surface area contributed by atoms with Gasteiger partial charge in [-0.1, -0.05) is 30.3 Å². The summed E-state index contributed by atoms with van der Waals surface area (Å²) in [5, 5.41) is 0. The van der Waals surface area contributed by atoms with Crippen LogP contribution >= 0.6 is 15.9 Å². The first-order valence-electron chi connectivity index (χ1n) is 7.20. The fraction of sp³-hybridized carbons (Fsp3) is 0.333. The van der Waals surface area contributed by atoms with Crippen LogP contribution < -0.4 is 10.5 Å². The summed E-state index contributed by atoms with van der Waals surface area (Å²) < 4.78 is 7.09. The van der Waals surface area contributed by atoms with Crippen LogP contribution in [0, 0.1) is 13.8 Å². The largest absolute Gasteiger partial charge is 0.487 e. The molecule has 0 amide bonds. The summed E-state index contributed by atoms with van der Waals surface area (Å²) >= 11 is 3.58. The van der Waals surface area contributed by atoms with E-state index in [1.54, 1.807) is 0 Å². The second-order valence-electron chi connectivity index (χ2n) is 5.57. The van der Waals surface area contributed by atoms with E-state index in [4.69, 9.17) is 10.5 Å². The minimum Gasteiger partial charge on any atom is -0.487 e. The zero-order valence-electron chi connectivity index (χ0n) is 12.8. The Hall–Kier alpha value is -1.32. The Kier molecular flexibility index (Phi) is 5.43. The Balaban J connectivity index is 2.24. The fourth-order valence-electron chi connectivity index (χ4n) is 2.44. The topological polar surface area (TPSA) is 35.2 Å². The lowest BCUT2D eigenvalue weighted by atomic mass is 10.0. The lowest BCUT2D eigenvalue weighted by molar-refractivity contribution is 0.299. The highest BCUT2D eigenvalue weighted by atomic mass is 79.9. The van der Waals surface area contributed by atoms with Crippen LogP contribution in [0.25, 0.3) is 0 Å². The predicted octanol–water partition coefficient (Wildman–Crippen LogP) is 4.53. The molecule has 0 fully saturated rings. The molecular formula is C18H22BrNO. The van der Waals surface area contributed by atoms with Gasteiger partial charge in [0.05, 0.1) is 4.47 Å². The Morgan fingerprint density at radius 2 is 1.71 bits per heavy atom. The van der Waals surface area contributed by atoms with Gasteiger partial charge in [0.2, 0.25) is 0 Å². The molecule has 0 aromatic heterocycles. The molecule has 0 heterocycles. The normalized spacial score (nSPS) is 12.2. The molecule has 1 unspecified atom stereocenters. The molecule has 0 spiro atoms. The van der Waals surface area contributed by atoms with Gasteiger partial charge in [0.15, 0.2) is 0 Å². The van der Waals surface area contributed by atoms with E-state index in [0.29, 0.717) is 6.61 Å². The van der Waals surface area contributed by atoms with Crippen LogP contribution in [-0.2, 0) is 13.0 Å². The number of nitrogens with two attached hydrogens (primary N) is 1. The van der Waals surface area contributed by atoms with E-state index in [-0.39, 0.29) is 6.04 Å². The third-order valence-electron chi connectivity index (χ3n) is 3.60. The van der Waals surface area contributed by atoms with Crippen LogP contribution in [0.5, 0.6) is 5.75 Å². The maximum Gasteiger partial charge on any atom is 0.137 e. The lowest BCUT2D eigenvalue weighted by Gasteiger charge is -2.16. The van der Waals surface area contributed by atoms with Gasteiger partial charge in [0.25, 0.3) is 0 Å². The molecule has 2 aromatic rings. The molecule has 2 rings (SSSR count). The van der Waals surface area contributed by atoms with Crippen molar-refractivity contribution >= 4 is 15.9 Å². The molecule has 0 radical (unpaired) electrons. The highest BCUT2D eigenvalue weighted by Gasteiger charge is 2.11. The smallest absolute Gasteiger partial charge is 0.137 e. The van der Waals surface area contributed by atoms with Gasteiger partial charge in [-0.2, -0.15) is 0 Å². The molecule has 0 saturated carbocycles. The third kappa shape index (κ3) is 4.08. The van der Waals surface area contributed by atoms with Gasteiger partial charge in [-0.3, -0.25) is 0 Å². The number of halogens is 1.